The van der Waals surface area contributed by atoms with Crippen LogP contribution >= 0.6 is 11.6 Å². The Kier molecular flexibility index (Phi) is 5.97. The number of halogens is 1. The molecule has 1 aliphatic rings. The van der Waals surface area contributed by atoms with Crippen LogP contribution in [0.1, 0.15) is 16.7 Å². The molecule has 0 radical (unpaired) electrons. The zero-order chi connectivity index (χ0) is 19.2. The fourth-order valence-electron chi connectivity index (χ4n) is 2.59. The number of methoxy groups -OCH3 is 1. The topological polar surface area (TPSA) is 77.8 Å². The lowest BCUT2D eigenvalue weighted by molar-refractivity contribution is -0.139. The molecule has 7 heteroatoms. The number of ether oxygens (including phenoxy) is 4. The molecule has 138 valence electrons. The van der Waals surface area contributed by atoms with Crippen LogP contribution in [-0.2, 0) is 27.5 Å². The van der Waals surface area contributed by atoms with Gasteiger partial charge >= 0.3 is 5.97 Å². The lowest BCUT2D eigenvalue weighted by atomic mass is 10.1. The van der Waals surface area contributed by atoms with Crippen molar-refractivity contribution in [1.29, 1.82) is 5.26 Å². The Bertz CT molecular complexity index is 915. The quantitative estimate of drug-likeness (QED) is 0.441. The predicted molar refractivity (Wildman–Crippen MR) is 98.1 cm³/mol. The molecule has 3 rings (SSSR count). The molecule has 0 saturated carbocycles. The highest BCUT2D eigenvalue weighted by atomic mass is 35.5. The number of esters is 1. The summed E-state index contributed by atoms with van der Waals surface area (Å²) in [6.45, 7) is 0.428. The molecule has 0 aromatic heterocycles. The highest BCUT2D eigenvalue weighted by molar-refractivity contribution is 6.30. The Morgan fingerprint density at radius 3 is 2.81 bits per heavy atom. The van der Waals surface area contributed by atoms with Gasteiger partial charge in [-0.05, 0) is 35.9 Å². The summed E-state index contributed by atoms with van der Waals surface area (Å²) in [6.07, 6.45) is 1.46. The molecule has 0 unspecified atom stereocenters. The average Bonchev–Trinajstić information content (AvgIpc) is 2.70. The first-order chi connectivity index (χ1) is 13.1. The van der Waals surface area contributed by atoms with Crippen molar-refractivity contribution in [3.8, 4) is 17.6 Å². The first-order valence-corrected chi connectivity index (χ1v) is 8.43. The summed E-state index contributed by atoms with van der Waals surface area (Å²) in [6, 6.07) is 12.2. The van der Waals surface area contributed by atoms with Crippen LogP contribution in [-0.4, -0.2) is 19.9 Å². The Hall–Kier alpha value is -3.01. The third-order valence-corrected chi connectivity index (χ3v) is 4.10. The van der Waals surface area contributed by atoms with Crippen LogP contribution in [0.5, 0.6) is 11.5 Å². The van der Waals surface area contributed by atoms with Gasteiger partial charge in [-0.15, -0.1) is 0 Å². The van der Waals surface area contributed by atoms with E-state index in [1.165, 1.54) is 6.08 Å². The SMILES string of the molecule is COc1ccc(/C=C(\C#N)C(=O)OCc2cc(Cl)cc3c2OCOC3)cc1. The summed E-state index contributed by atoms with van der Waals surface area (Å²) in [5, 5.41) is 9.77. The second kappa shape index (κ2) is 8.58. The number of rotatable bonds is 5. The van der Waals surface area contributed by atoms with Gasteiger partial charge in [0.05, 0.1) is 13.7 Å². The zero-order valence-corrected chi connectivity index (χ0v) is 15.3. The van der Waals surface area contributed by atoms with E-state index in [1.54, 1.807) is 43.5 Å². The lowest BCUT2D eigenvalue weighted by Gasteiger charge is -2.21. The smallest absolute Gasteiger partial charge is 0.349 e. The van der Waals surface area contributed by atoms with E-state index in [-0.39, 0.29) is 19.0 Å². The molecule has 1 aliphatic heterocycles. The van der Waals surface area contributed by atoms with Crippen LogP contribution in [0.4, 0.5) is 0 Å². The van der Waals surface area contributed by atoms with Crippen molar-refractivity contribution < 1.29 is 23.7 Å². The van der Waals surface area contributed by atoms with E-state index in [0.717, 1.165) is 5.56 Å². The molecule has 2 aromatic rings. The molecular formula is C20H16ClNO5. The summed E-state index contributed by atoms with van der Waals surface area (Å²) in [5.74, 6) is 0.549. The Morgan fingerprint density at radius 1 is 1.33 bits per heavy atom. The standard InChI is InChI=1S/C20H16ClNO5/c1-24-18-4-2-13(3-5-18)6-14(9-22)20(23)26-11-16-8-17(21)7-15-10-25-12-27-19(15)16/h2-8H,10-12H2,1H3/b14-6+. The number of fused-ring (bicyclic) bond motifs is 1. The van der Waals surface area contributed by atoms with Crippen molar-refractivity contribution >= 4 is 23.6 Å². The van der Waals surface area contributed by atoms with Gasteiger partial charge in [0.2, 0.25) is 0 Å². The van der Waals surface area contributed by atoms with Crippen LogP contribution in [0.15, 0.2) is 42.0 Å². The second-order valence-electron chi connectivity index (χ2n) is 5.68. The fraction of sp³-hybridized carbons (Fsp3) is 0.200. The molecule has 0 saturated heterocycles. The van der Waals surface area contributed by atoms with Crippen LogP contribution in [0, 0.1) is 11.3 Å². The Morgan fingerprint density at radius 2 is 2.11 bits per heavy atom. The van der Waals surface area contributed by atoms with Crippen LogP contribution in [0.25, 0.3) is 6.08 Å². The zero-order valence-electron chi connectivity index (χ0n) is 14.5. The number of carbonyl (C=O) groups is 1. The first-order valence-electron chi connectivity index (χ1n) is 8.05. The normalized spacial score (nSPS) is 13.1. The van der Waals surface area contributed by atoms with Crippen molar-refractivity contribution in [2.45, 2.75) is 13.2 Å². The van der Waals surface area contributed by atoms with E-state index >= 15 is 0 Å². The highest BCUT2D eigenvalue weighted by Gasteiger charge is 2.18. The molecule has 0 spiro atoms. The van der Waals surface area contributed by atoms with Gasteiger partial charge in [-0.3, -0.25) is 0 Å². The summed E-state index contributed by atoms with van der Waals surface area (Å²) >= 11 is 6.09. The maximum absolute atomic E-state index is 12.3. The maximum atomic E-state index is 12.3. The van der Waals surface area contributed by atoms with Crippen molar-refractivity contribution in [3.05, 3.63) is 63.7 Å². The number of hydrogen-bond donors (Lipinski definition) is 0. The average molecular weight is 386 g/mol. The van der Waals surface area contributed by atoms with Gasteiger partial charge in [-0.2, -0.15) is 5.26 Å². The van der Waals surface area contributed by atoms with Crippen molar-refractivity contribution in [3.63, 3.8) is 0 Å². The molecule has 0 N–H and O–H groups in total. The molecule has 1 heterocycles. The van der Waals surface area contributed by atoms with Gasteiger partial charge in [-0.25, -0.2) is 4.79 Å². The summed E-state index contributed by atoms with van der Waals surface area (Å²) in [4.78, 5) is 12.3. The van der Waals surface area contributed by atoms with Crippen LogP contribution in [0.2, 0.25) is 5.02 Å². The van der Waals surface area contributed by atoms with Crippen molar-refractivity contribution in [2.75, 3.05) is 13.9 Å². The highest BCUT2D eigenvalue weighted by Crippen LogP contribution is 2.32. The largest absolute Gasteiger partial charge is 0.497 e. The van der Waals surface area contributed by atoms with Gasteiger partial charge in [0.25, 0.3) is 0 Å². The Labute approximate surface area is 161 Å². The summed E-state index contributed by atoms with van der Waals surface area (Å²) < 4.78 is 21.1. The molecule has 2 aromatic carbocycles. The van der Waals surface area contributed by atoms with E-state index in [9.17, 15) is 10.1 Å². The van der Waals surface area contributed by atoms with E-state index in [2.05, 4.69) is 0 Å². The van der Waals surface area contributed by atoms with Gasteiger partial charge < -0.3 is 18.9 Å². The first kappa shape index (κ1) is 18.8. The van der Waals surface area contributed by atoms with Crippen molar-refractivity contribution in [1.82, 2.24) is 0 Å². The molecule has 0 amide bonds. The molecule has 0 atom stereocenters. The number of nitriles is 1. The maximum Gasteiger partial charge on any atom is 0.349 e. The third-order valence-electron chi connectivity index (χ3n) is 3.88. The minimum atomic E-state index is -0.728. The fourth-order valence-corrected chi connectivity index (χ4v) is 2.85. The Balaban J connectivity index is 1.73. The summed E-state index contributed by atoms with van der Waals surface area (Å²) in [5.41, 5.74) is 1.98. The second-order valence-corrected chi connectivity index (χ2v) is 6.12. The van der Waals surface area contributed by atoms with E-state index in [4.69, 9.17) is 30.5 Å². The van der Waals surface area contributed by atoms with Crippen LogP contribution in [0.3, 0.4) is 0 Å². The van der Waals surface area contributed by atoms with Gasteiger partial charge in [0.15, 0.2) is 6.79 Å². The molecule has 27 heavy (non-hydrogen) atoms. The molecule has 0 bridgehead atoms. The molecule has 0 aliphatic carbocycles. The minimum absolute atomic E-state index is 0.0661. The lowest BCUT2D eigenvalue weighted by Crippen LogP contribution is -2.14. The van der Waals surface area contributed by atoms with E-state index in [0.29, 0.717) is 34.3 Å². The predicted octanol–water partition coefficient (Wildman–Crippen LogP) is 3.87. The number of hydrogen-bond acceptors (Lipinski definition) is 6. The van der Waals surface area contributed by atoms with E-state index < -0.39 is 5.97 Å². The van der Waals surface area contributed by atoms with Gasteiger partial charge in [0, 0.05) is 16.1 Å². The summed E-state index contributed by atoms with van der Waals surface area (Å²) in [7, 11) is 1.56. The number of nitrogens with zero attached hydrogens (tertiary/aromatic N) is 1. The van der Waals surface area contributed by atoms with Crippen molar-refractivity contribution in [2.24, 2.45) is 0 Å². The van der Waals surface area contributed by atoms with Gasteiger partial charge in [0.1, 0.15) is 29.7 Å². The molecule has 6 nitrogen and oxygen atoms in total. The monoisotopic (exact) mass is 385 g/mol. The minimum Gasteiger partial charge on any atom is -0.497 e. The van der Waals surface area contributed by atoms with E-state index in [1.807, 2.05) is 6.07 Å². The number of carbonyl (C=O) groups excluding carboxylic acids is 1. The molecule has 0 fully saturated rings. The molecular weight excluding hydrogens is 370 g/mol. The van der Waals surface area contributed by atoms with Gasteiger partial charge in [-0.1, -0.05) is 23.7 Å². The van der Waals surface area contributed by atoms with Crippen LogP contribution < -0.4 is 9.47 Å². The third kappa shape index (κ3) is 4.59. The number of benzene rings is 2.